The number of β-amino-alcohol motifs (C(OH)–C–C–N with tert-alkyl or cyclic N) is 1. The smallest absolute Gasteiger partial charge is 0.0813 e. The number of pyridine rings is 3. The number of methoxy groups -OCH3 is 2. The molecule has 10 atom stereocenters. The number of halogens is 4. The molecular formula is C76H97BrCl3N17O17S2Zn. The van der Waals surface area contributed by atoms with Gasteiger partial charge in [0.15, 0.2) is 0 Å². The van der Waals surface area contributed by atoms with E-state index in [1.165, 1.54) is 70.6 Å². The van der Waals surface area contributed by atoms with Crippen molar-refractivity contribution >= 4 is 116 Å². The number of sulfonamides is 2. The third-order valence-corrected chi connectivity index (χ3v) is 22.9. The molecule has 6 aromatic rings. The van der Waals surface area contributed by atoms with Crippen LogP contribution in [0.3, 0.4) is 0 Å². The van der Waals surface area contributed by atoms with Crippen LogP contribution in [-0.2, 0) is 79.4 Å². The molecule has 13 rings (SSSR count). The van der Waals surface area contributed by atoms with E-state index in [1.807, 2.05) is 36.4 Å². The number of ether oxygens (including phenoxy) is 4. The van der Waals surface area contributed by atoms with Gasteiger partial charge in [-0.05, 0) is 128 Å². The van der Waals surface area contributed by atoms with Crippen LogP contribution in [0.4, 0.5) is 9.59 Å². The largest absolute Gasteiger partial charge is 0.394 e. The van der Waals surface area contributed by atoms with Gasteiger partial charge < -0.3 is 60.1 Å². The van der Waals surface area contributed by atoms with Gasteiger partial charge in [-0.25, -0.2) is 51.3 Å². The van der Waals surface area contributed by atoms with Gasteiger partial charge in [-0.2, -0.15) is 23.2 Å². The van der Waals surface area contributed by atoms with Gasteiger partial charge in [-0.3, -0.25) is 48.2 Å². The second-order valence-electron chi connectivity index (χ2n) is 29.4. The zero-order chi connectivity index (χ0) is 85.3. The summed E-state index contributed by atoms with van der Waals surface area (Å²) in [5.74, 6) is -5.28. The van der Waals surface area contributed by atoms with Gasteiger partial charge in [0.1, 0.15) is 46.5 Å². The fraction of sp³-hybridized carbons (Fsp3) is 0.487. The Balaban J connectivity index is 0.000000261. The zero-order valence-electron chi connectivity index (χ0n) is 65.1. The Kier molecular flexibility index (Phi) is 36.7. The first-order valence-electron chi connectivity index (χ1n) is 36.6. The second-order valence-corrected chi connectivity index (χ2v) is 34.4. The average molecular weight is 1840 g/mol. The molecule has 0 bridgehead atoms. The summed E-state index contributed by atoms with van der Waals surface area (Å²) in [4.78, 5) is 143. The molecule has 0 radical (unpaired) electrons. The summed E-state index contributed by atoms with van der Waals surface area (Å²) < 4.78 is 74.3. The summed E-state index contributed by atoms with van der Waals surface area (Å²) in [5, 5.41) is 20.2. The standard InChI is InChI=1S/C31H39N7O8S.C22H34N4O8S.C9H6ClN3.C5H4N.C4H2Cl2N2.C4H8O.CH4.BrH.Zn/c1-6-18-16-31(18,27(41)37-47(43,44)20-10-11-20)36-25(39)23-15-19(17-38(23)26(40)24(30(2,3)4)35-29(42)45-5)46-28-33-14-12-22(34-28)21-9-7-8-13-32-21;1-6-12-10-22(12,19(30)25-35(32,33)14-7-8-14)24-17(28)15-9-13(27)11-26(15)18(29)16(21(2,3)4)23-20(31)34-5;10-9-12-6-4-8(13-9)7-3-1-2-5-11-7;1-2-4-6-5-3-1;5-3-1-2-7-4(6)8-3;1-2-4-5-3-1;;;/h6-9,12-14,18-20,23-24H,1,10-11,15-17H2,2-5H3,(H,35,42)(H,36,39)(H,37,41);6,12-16,27H,1,7-11H2,2-5H3,(H,23,31)(H,24,28)(H,25,30);1-6H;1-4H;1-2H;1-4H2;1H4;1H;/q;;;-1;;;;;+2/p-1/t18?,19-,23+,24-,31-;12?,13-,15+,16-,22-;;;;;;;/m11......./s1. The predicted molar refractivity (Wildman–Crippen MR) is 433 cm³/mol. The van der Waals surface area contributed by atoms with Crippen LogP contribution in [0.15, 0.2) is 135 Å². The molecule has 4 saturated carbocycles. The van der Waals surface area contributed by atoms with Crippen LogP contribution in [0, 0.1) is 28.9 Å². The van der Waals surface area contributed by atoms with Crippen molar-refractivity contribution < 1.29 is 95.6 Å². The third kappa shape index (κ3) is 28.4. The summed E-state index contributed by atoms with van der Waals surface area (Å²) in [7, 11) is -5.38. The number of aliphatic hydroxyl groups excluding tert-OH is 1. The quantitative estimate of drug-likeness (QED) is 0.0126. The molecule has 34 nitrogen and oxygen atoms in total. The van der Waals surface area contributed by atoms with Crippen LogP contribution in [-0.4, -0.2) is 223 Å². The van der Waals surface area contributed by atoms with E-state index in [4.69, 9.17) is 49.0 Å². The Hall–Kier alpha value is -8.88. The van der Waals surface area contributed by atoms with E-state index in [0.29, 0.717) is 42.2 Å². The van der Waals surface area contributed by atoms with Crippen LogP contribution >= 0.6 is 48.4 Å². The fourth-order valence-electron chi connectivity index (χ4n) is 12.0. The van der Waals surface area contributed by atoms with Gasteiger partial charge in [0.25, 0.3) is 11.8 Å². The molecule has 3 saturated heterocycles. The maximum absolute atomic E-state index is 14.1. The number of aliphatic hydroxyl groups is 1. The summed E-state index contributed by atoms with van der Waals surface area (Å²) >= 11 is 20.6. The Bertz CT molecular complexity index is 4560. The number of hydrogen-bond donors (Lipinski definition) is 7. The monoisotopic (exact) mass is 1830 g/mol. The topological polar surface area (TPSA) is 457 Å². The SMILES string of the molecule is C.C1CCOC1.C=CC1C[C@]1(NC(=O)[C@@H]1C[C@@H](O)CN1C(=O)[C@@H](NC(=O)OC)C(C)(C)C)C(=O)NS(=O)(=O)C1CC1.C=CC1C[C@]1(NC(=O)[C@@H]1C[C@@H](Oc2nccc(-c3ccccn3)n2)CN1C(=O)[C@@H](NC(=O)OC)C(C)(C)C)C(=O)NS(=O)(=O)C1CC1.Clc1ccnc(Cl)n1.Clc1nccc(-c2ccccn2)n1.[Zn+][Br].[c-]1ccccn1. The number of hydrogen-bond acceptors (Lipinski definition) is 26. The first kappa shape index (κ1) is 97.0. The van der Waals surface area contributed by atoms with Crippen LogP contribution in [0.5, 0.6) is 6.01 Å². The normalized spacial score (nSPS) is 21.7. The molecule has 7 N–H and O–H groups in total. The summed E-state index contributed by atoms with van der Waals surface area (Å²) in [6.45, 7) is 19.6. The number of amides is 8. The summed E-state index contributed by atoms with van der Waals surface area (Å²) in [6, 6.07) is 17.1. The minimum Gasteiger partial charge on any atom is -0.394 e. The zero-order valence-corrected chi connectivity index (χ0v) is 73.5. The number of alkyl carbamates (subject to hydrolysis) is 2. The first-order valence-corrected chi connectivity index (χ1v) is 47.7. The number of likely N-dealkylation sites (tertiary alicyclic amines) is 2. The van der Waals surface area contributed by atoms with Crippen molar-refractivity contribution in [1.82, 2.24) is 85.4 Å². The molecule has 8 amide bonds. The molecule has 2 unspecified atom stereocenters. The average Bonchev–Trinajstić information content (AvgIpc) is 1.58. The van der Waals surface area contributed by atoms with Crippen LogP contribution < -0.4 is 35.4 Å². The Morgan fingerprint density at radius 1 is 0.607 bits per heavy atom. The van der Waals surface area contributed by atoms with Crippen molar-refractivity contribution in [1.29, 1.82) is 0 Å². The van der Waals surface area contributed by atoms with Crippen molar-refractivity contribution in [2.75, 3.05) is 40.5 Å². The van der Waals surface area contributed by atoms with Gasteiger partial charge in [0.05, 0.1) is 60.1 Å². The first-order chi connectivity index (χ1) is 55.0. The number of rotatable bonds is 20. The second kappa shape index (κ2) is 44.2. The van der Waals surface area contributed by atoms with E-state index in [0.717, 1.165) is 31.7 Å². The van der Waals surface area contributed by atoms with Crippen LogP contribution in [0.25, 0.3) is 22.8 Å². The van der Waals surface area contributed by atoms with E-state index in [2.05, 4.69) is 113 Å². The maximum Gasteiger partial charge on any atom is -0.0813 e. The van der Waals surface area contributed by atoms with Crippen molar-refractivity contribution in [3.8, 4) is 28.8 Å². The summed E-state index contributed by atoms with van der Waals surface area (Å²) in [6.07, 6.45) is 16.4. The number of carbonyl (C=O) groups excluding carboxylic acids is 8. The Labute approximate surface area is 712 Å². The van der Waals surface area contributed by atoms with E-state index >= 15 is 0 Å². The Morgan fingerprint density at radius 3 is 1.40 bits per heavy atom. The number of carbonyl (C=O) groups is 8. The molecule has 0 spiro atoms. The molecule has 41 heteroatoms. The van der Waals surface area contributed by atoms with E-state index in [1.54, 1.807) is 103 Å². The minimum absolute atomic E-state index is 0. The van der Waals surface area contributed by atoms with Crippen LogP contribution in [0.2, 0.25) is 15.7 Å². The van der Waals surface area contributed by atoms with E-state index < -0.39 is 148 Å². The van der Waals surface area contributed by atoms with Gasteiger partial charge in [0, 0.05) is 75.4 Å². The molecule has 4 aliphatic carbocycles. The van der Waals surface area contributed by atoms with Gasteiger partial charge in [-0.15, -0.1) is 13.2 Å². The fourth-order valence-corrected chi connectivity index (χ4v) is 15.2. The molecule has 630 valence electrons. The molecule has 6 aromatic heterocycles. The van der Waals surface area contributed by atoms with E-state index in [-0.39, 0.29) is 62.8 Å². The molecule has 117 heavy (non-hydrogen) atoms. The van der Waals surface area contributed by atoms with Crippen molar-refractivity contribution in [2.45, 2.75) is 171 Å². The molecule has 9 heterocycles. The minimum atomic E-state index is -3.89. The maximum atomic E-state index is 14.1. The van der Waals surface area contributed by atoms with Crippen molar-refractivity contribution in [2.24, 2.45) is 22.7 Å². The van der Waals surface area contributed by atoms with Crippen LogP contribution in [0.1, 0.15) is 113 Å². The third-order valence-electron chi connectivity index (χ3n) is 18.7. The number of nitrogens with zero attached hydrogens (tertiary/aromatic N) is 11. The molecule has 7 aliphatic rings. The Morgan fingerprint density at radius 2 is 1.05 bits per heavy atom. The predicted octanol–water partition coefficient (Wildman–Crippen LogP) is 7.85. The number of nitrogens with one attached hydrogen (secondary N) is 6. The van der Waals surface area contributed by atoms with Crippen molar-refractivity contribution in [3.05, 3.63) is 157 Å². The molecule has 7 fully saturated rings. The van der Waals surface area contributed by atoms with Gasteiger partial charge in [0.2, 0.25) is 54.2 Å². The molecular weight excluding hydrogens is 1740 g/mol. The van der Waals surface area contributed by atoms with Gasteiger partial charge >= 0.3 is 48.2 Å². The van der Waals surface area contributed by atoms with Crippen molar-refractivity contribution in [3.63, 3.8) is 0 Å². The van der Waals surface area contributed by atoms with Gasteiger partial charge in [-0.1, -0.05) is 97.2 Å². The molecule has 0 aromatic carbocycles. The summed E-state index contributed by atoms with van der Waals surface area (Å²) in [5.41, 5.74) is -1.97. The number of aromatic nitrogens is 9. The van der Waals surface area contributed by atoms with E-state index in [9.17, 15) is 60.3 Å². The molecule has 3 aliphatic heterocycles.